The van der Waals surface area contributed by atoms with Gasteiger partial charge in [0.15, 0.2) is 0 Å². The molecule has 4 atom stereocenters. The van der Waals surface area contributed by atoms with Crippen molar-refractivity contribution in [3.05, 3.63) is 12.2 Å². The molecule has 1 saturated carbocycles. The number of rotatable bonds is 0. The third-order valence-electron chi connectivity index (χ3n) is 3.66. The van der Waals surface area contributed by atoms with E-state index in [1.807, 2.05) is 6.92 Å². The Morgan fingerprint density at radius 3 is 2.79 bits per heavy atom. The van der Waals surface area contributed by atoms with Gasteiger partial charge in [0, 0.05) is 5.41 Å². The Bertz CT molecular complexity index is 344. The lowest BCUT2D eigenvalue weighted by Gasteiger charge is -2.23. The second-order valence-corrected chi connectivity index (χ2v) is 4.48. The molecule has 14 heavy (non-hydrogen) atoms. The van der Waals surface area contributed by atoms with Crippen molar-refractivity contribution in [3.63, 3.8) is 0 Å². The van der Waals surface area contributed by atoms with Crippen LogP contribution in [0.25, 0.3) is 0 Å². The summed E-state index contributed by atoms with van der Waals surface area (Å²) in [5, 5.41) is 0. The number of fused-ring (bicyclic) bond motifs is 5. The second kappa shape index (κ2) is 2.47. The predicted octanol–water partition coefficient (Wildman–Crippen LogP) is 1.53. The van der Waals surface area contributed by atoms with Crippen molar-refractivity contribution in [2.24, 2.45) is 23.2 Å². The van der Waals surface area contributed by atoms with Crippen molar-refractivity contribution in [3.8, 4) is 0 Å². The average molecular weight is 194 g/mol. The highest BCUT2D eigenvalue weighted by atomic mass is 16.6. The summed E-state index contributed by atoms with van der Waals surface area (Å²) in [7, 11) is 0. The lowest BCUT2D eigenvalue weighted by molar-refractivity contribution is -0.155. The van der Waals surface area contributed by atoms with Crippen molar-refractivity contribution < 1.29 is 14.3 Å². The number of carbonyl (C=O) groups is 2. The normalized spacial score (nSPS) is 47.6. The molecule has 2 aliphatic carbocycles. The standard InChI is InChI=1S/C10H10O3.CH4/c1-10-3-2-5(4-10)6-7(10)9(12)13-8(6)11;/h2-3,5-7H,4H2,1H3;1H4. The Labute approximate surface area is 83.1 Å². The van der Waals surface area contributed by atoms with Crippen molar-refractivity contribution >= 4 is 11.9 Å². The molecule has 0 aromatic carbocycles. The summed E-state index contributed by atoms with van der Waals surface area (Å²) in [6.07, 6.45) is 5.06. The predicted molar refractivity (Wildman–Crippen MR) is 50.2 cm³/mol. The number of carbonyl (C=O) groups excluding carboxylic acids is 2. The summed E-state index contributed by atoms with van der Waals surface area (Å²) in [6, 6.07) is 0. The van der Waals surface area contributed by atoms with Gasteiger partial charge in [0.25, 0.3) is 0 Å². The van der Waals surface area contributed by atoms with Crippen LogP contribution in [-0.2, 0) is 14.3 Å². The fourth-order valence-electron chi connectivity index (χ4n) is 3.08. The summed E-state index contributed by atoms with van der Waals surface area (Å²) >= 11 is 0. The first-order valence-electron chi connectivity index (χ1n) is 4.57. The van der Waals surface area contributed by atoms with Crippen LogP contribution in [0.15, 0.2) is 12.2 Å². The minimum Gasteiger partial charge on any atom is -0.393 e. The van der Waals surface area contributed by atoms with E-state index in [0.717, 1.165) is 6.42 Å². The Hall–Kier alpha value is -1.12. The van der Waals surface area contributed by atoms with Gasteiger partial charge in [0.2, 0.25) is 0 Å². The van der Waals surface area contributed by atoms with E-state index in [0.29, 0.717) is 0 Å². The topological polar surface area (TPSA) is 43.4 Å². The molecule has 0 N–H and O–H groups in total. The number of hydrogen-bond donors (Lipinski definition) is 0. The Morgan fingerprint density at radius 1 is 1.43 bits per heavy atom. The number of hydrogen-bond acceptors (Lipinski definition) is 3. The summed E-state index contributed by atoms with van der Waals surface area (Å²) in [4.78, 5) is 22.7. The van der Waals surface area contributed by atoms with Gasteiger partial charge in [-0.3, -0.25) is 9.59 Å². The molecule has 4 unspecified atom stereocenters. The van der Waals surface area contributed by atoms with Gasteiger partial charge >= 0.3 is 11.9 Å². The van der Waals surface area contributed by atoms with E-state index in [1.165, 1.54) is 0 Å². The quantitative estimate of drug-likeness (QED) is 0.334. The average Bonchev–Trinajstić information content (AvgIpc) is 2.62. The van der Waals surface area contributed by atoms with Crippen molar-refractivity contribution in [2.45, 2.75) is 20.8 Å². The van der Waals surface area contributed by atoms with E-state index in [2.05, 4.69) is 16.9 Å². The van der Waals surface area contributed by atoms with Crippen LogP contribution < -0.4 is 0 Å². The van der Waals surface area contributed by atoms with E-state index in [4.69, 9.17) is 0 Å². The highest BCUT2D eigenvalue weighted by molar-refractivity contribution is 5.98. The molecule has 3 heteroatoms. The van der Waals surface area contributed by atoms with Crippen LogP contribution >= 0.6 is 0 Å². The Kier molecular flexibility index (Phi) is 1.66. The van der Waals surface area contributed by atoms with Gasteiger partial charge in [-0.05, 0) is 12.3 Å². The largest absolute Gasteiger partial charge is 0.393 e. The molecule has 1 saturated heterocycles. The summed E-state index contributed by atoms with van der Waals surface area (Å²) < 4.78 is 4.66. The van der Waals surface area contributed by atoms with E-state index in [9.17, 15) is 9.59 Å². The third-order valence-corrected chi connectivity index (χ3v) is 3.66. The van der Waals surface area contributed by atoms with Crippen molar-refractivity contribution in [1.82, 2.24) is 0 Å². The van der Waals surface area contributed by atoms with Crippen molar-refractivity contribution in [1.29, 1.82) is 0 Å². The highest BCUT2D eigenvalue weighted by Gasteiger charge is 2.63. The fraction of sp³-hybridized carbons (Fsp3) is 0.636. The lowest BCUT2D eigenvalue weighted by Crippen LogP contribution is -2.28. The van der Waals surface area contributed by atoms with Gasteiger partial charge in [0.1, 0.15) is 0 Å². The van der Waals surface area contributed by atoms with Crippen molar-refractivity contribution in [2.75, 3.05) is 0 Å². The first kappa shape index (κ1) is 9.44. The van der Waals surface area contributed by atoms with Crippen LogP contribution in [0.2, 0.25) is 0 Å². The van der Waals surface area contributed by atoms with Crippen LogP contribution in [0.5, 0.6) is 0 Å². The first-order valence-corrected chi connectivity index (χ1v) is 4.57. The van der Waals surface area contributed by atoms with Gasteiger partial charge in [-0.2, -0.15) is 0 Å². The molecule has 1 heterocycles. The maximum atomic E-state index is 11.4. The molecule has 3 rings (SSSR count). The van der Waals surface area contributed by atoms with Crippen LogP contribution in [0.4, 0.5) is 0 Å². The molecule has 0 aromatic rings. The first-order chi connectivity index (χ1) is 6.12. The molecular weight excluding hydrogens is 180 g/mol. The molecule has 0 spiro atoms. The molecule has 76 valence electrons. The zero-order chi connectivity index (χ0) is 9.22. The maximum Gasteiger partial charge on any atom is 0.318 e. The minimum atomic E-state index is -0.315. The van der Waals surface area contributed by atoms with E-state index >= 15 is 0 Å². The lowest BCUT2D eigenvalue weighted by atomic mass is 9.76. The van der Waals surface area contributed by atoms with Gasteiger partial charge in [-0.15, -0.1) is 0 Å². The Morgan fingerprint density at radius 2 is 2.14 bits per heavy atom. The van der Waals surface area contributed by atoms with Gasteiger partial charge < -0.3 is 4.74 Å². The number of ether oxygens (including phenoxy) is 1. The fourth-order valence-corrected chi connectivity index (χ4v) is 3.08. The van der Waals surface area contributed by atoms with E-state index in [-0.39, 0.29) is 42.5 Å². The Balaban J connectivity index is 0.000000750. The summed E-state index contributed by atoms with van der Waals surface area (Å²) in [5.41, 5.74) is -0.113. The van der Waals surface area contributed by atoms with Crippen LogP contribution in [-0.4, -0.2) is 11.9 Å². The molecule has 0 radical (unpaired) electrons. The summed E-state index contributed by atoms with van der Waals surface area (Å²) in [6.45, 7) is 2.04. The maximum absolute atomic E-state index is 11.4. The third kappa shape index (κ3) is 0.825. The van der Waals surface area contributed by atoms with Gasteiger partial charge in [-0.1, -0.05) is 26.5 Å². The van der Waals surface area contributed by atoms with E-state index < -0.39 is 0 Å². The smallest absolute Gasteiger partial charge is 0.318 e. The van der Waals surface area contributed by atoms with E-state index in [1.54, 1.807) is 0 Å². The van der Waals surface area contributed by atoms with Crippen LogP contribution in [0.3, 0.4) is 0 Å². The second-order valence-electron chi connectivity index (χ2n) is 4.48. The van der Waals surface area contributed by atoms with Gasteiger partial charge in [0.05, 0.1) is 11.8 Å². The number of esters is 2. The van der Waals surface area contributed by atoms with Gasteiger partial charge in [-0.25, -0.2) is 0 Å². The zero-order valence-corrected chi connectivity index (χ0v) is 7.32. The molecule has 2 fully saturated rings. The molecular formula is C11H14O3. The molecule has 0 amide bonds. The van der Waals surface area contributed by atoms with Crippen LogP contribution in [0.1, 0.15) is 20.8 Å². The number of cyclic esters (lactones) is 2. The molecule has 3 nitrogen and oxygen atoms in total. The molecule has 2 bridgehead atoms. The molecule has 0 aromatic heterocycles. The zero-order valence-electron chi connectivity index (χ0n) is 7.32. The highest BCUT2D eigenvalue weighted by Crippen LogP contribution is 2.59. The molecule has 3 aliphatic rings. The monoisotopic (exact) mass is 194 g/mol. The molecule has 1 aliphatic heterocycles. The number of allylic oxidation sites excluding steroid dienone is 2. The SMILES string of the molecule is C.CC12C=CC(C1)C1C(=O)OC(=O)C12. The van der Waals surface area contributed by atoms with Crippen LogP contribution in [0, 0.1) is 23.2 Å². The summed E-state index contributed by atoms with van der Waals surface area (Å²) in [5.74, 6) is -0.760. The minimum absolute atomic E-state index is 0.